The number of pyridine rings is 1. The number of para-hydroxylation sites is 1. The summed E-state index contributed by atoms with van der Waals surface area (Å²) < 4.78 is 1.80. The van der Waals surface area contributed by atoms with Gasteiger partial charge in [0.25, 0.3) is 0 Å². The lowest BCUT2D eigenvalue weighted by Crippen LogP contribution is -2.46. The first-order chi connectivity index (χ1) is 11.9. The molecule has 0 saturated carbocycles. The highest BCUT2D eigenvalue weighted by molar-refractivity contribution is 5.40. The Morgan fingerprint density at radius 1 is 0.917 bits per heavy atom. The molecule has 1 aliphatic rings. The van der Waals surface area contributed by atoms with Crippen molar-refractivity contribution in [3.63, 3.8) is 0 Å². The number of piperazine rings is 1. The number of nitrogens with zero attached hydrogens (tertiary/aromatic N) is 7. The Hall–Kier alpha value is -2.80. The Bertz CT molecular complexity index is 764. The molecular formula is C17H19N7. The largest absolute Gasteiger partial charge is 0.337 e. The van der Waals surface area contributed by atoms with Gasteiger partial charge in [-0.05, 0) is 34.2 Å². The van der Waals surface area contributed by atoms with E-state index in [2.05, 4.69) is 36.4 Å². The minimum atomic E-state index is 0.808. The molecule has 0 amide bonds. The van der Waals surface area contributed by atoms with Crippen molar-refractivity contribution in [2.75, 3.05) is 31.1 Å². The van der Waals surface area contributed by atoms with Crippen LogP contribution in [0.2, 0.25) is 0 Å². The molecule has 3 aromatic rings. The molecule has 0 bridgehead atoms. The Kier molecular flexibility index (Phi) is 4.16. The van der Waals surface area contributed by atoms with Crippen molar-refractivity contribution >= 4 is 5.95 Å². The van der Waals surface area contributed by atoms with Crippen molar-refractivity contribution in [1.29, 1.82) is 0 Å². The molecule has 0 spiro atoms. The summed E-state index contributed by atoms with van der Waals surface area (Å²) in [5.41, 5.74) is 2.23. The first-order valence-corrected chi connectivity index (χ1v) is 8.10. The van der Waals surface area contributed by atoms with Gasteiger partial charge in [-0.3, -0.25) is 9.88 Å². The fourth-order valence-electron chi connectivity index (χ4n) is 2.97. The van der Waals surface area contributed by atoms with E-state index in [1.165, 1.54) is 5.56 Å². The van der Waals surface area contributed by atoms with E-state index in [1.54, 1.807) is 4.68 Å². The molecule has 7 nitrogen and oxygen atoms in total. The van der Waals surface area contributed by atoms with E-state index in [1.807, 2.05) is 48.8 Å². The molecule has 0 radical (unpaired) electrons. The van der Waals surface area contributed by atoms with Gasteiger partial charge in [0.15, 0.2) is 0 Å². The average molecular weight is 321 g/mol. The molecule has 4 rings (SSSR count). The summed E-state index contributed by atoms with van der Waals surface area (Å²) in [6, 6.07) is 14.1. The van der Waals surface area contributed by atoms with Crippen LogP contribution in [0.5, 0.6) is 0 Å². The number of hydrogen-bond donors (Lipinski definition) is 0. The second-order valence-corrected chi connectivity index (χ2v) is 5.85. The summed E-state index contributed by atoms with van der Waals surface area (Å²) in [5.74, 6) is 0.808. The van der Waals surface area contributed by atoms with Crippen molar-refractivity contribution in [3.8, 4) is 5.69 Å². The highest BCUT2D eigenvalue weighted by atomic mass is 15.6. The summed E-state index contributed by atoms with van der Waals surface area (Å²) >= 11 is 0. The predicted molar refractivity (Wildman–Crippen MR) is 90.9 cm³/mol. The van der Waals surface area contributed by atoms with Crippen LogP contribution in [0.25, 0.3) is 5.69 Å². The van der Waals surface area contributed by atoms with Crippen LogP contribution >= 0.6 is 0 Å². The number of anilines is 1. The van der Waals surface area contributed by atoms with E-state index >= 15 is 0 Å². The van der Waals surface area contributed by atoms with E-state index in [-0.39, 0.29) is 0 Å². The lowest BCUT2D eigenvalue weighted by Gasteiger charge is -2.34. The van der Waals surface area contributed by atoms with Gasteiger partial charge < -0.3 is 4.90 Å². The highest BCUT2D eigenvalue weighted by Crippen LogP contribution is 2.17. The lowest BCUT2D eigenvalue weighted by atomic mass is 10.2. The topological polar surface area (TPSA) is 63.0 Å². The molecule has 3 heterocycles. The fraction of sp³-hybridized carbons (Fsp3) is 0.294. The molecule has 122 valence electrons. The zero-order valence-corrected chi connectivity index (χ0v) is 13.4. The monoisotopic (exact) mass is 321 g/mol. The maximum absolute atomic E-state index is 4.22. The van der Waals surface area contributed by atoms with Crippen LogP contribution in [0.3, 0.4) is 0 Å². The van der Waals surface area contributed by atoms with Gasteiger partial charge in [0.1, 0.15) is 0 Å². The normalized spacial score (nSPS) is 15.6. The van der Waals surface area contributed by atoms with E-state index in [9.17, 15) is 0 Å². The predicted octanol–water partition coefficient (Wildman–Crippen LogP) is 1.38. The van der Waals surface area contributed by atoms with Crippen LogP contribution in [0, 0.1) is 0 Å². The molecule has 0 N–H and O–H groups in total. The molecule has 1 saturated heterocycles. The van der Waals surface area contributed by atoms with Gasteiger partial charge in [-0.1, -0.05) is 29.4 Å². The zero-order valence-electron chi connectivity index (χ0n) is 13.4. The van der Waals surface area contributed by atoms with Gasteiger partial charge in [-0.15, -0.1) is 0 Å². The van der Waals surface area contributed by atoms with Crippen LogP contribution in [0.15, 0.2) is 54.9 Å². The molecule has 1 aliphatic heterocycles. The van der Waals surface area contributed by atoms with Crippen molar-refractivity contribution in [1.82, 2.24) is 30.1 Å². The third kappa shape index (κ3) is 3.11. The molecule has 0 atom stereocenters. The maximum atomic E-state index is 4.22. The molecule has 1 aromatic carbocycles. The summed E-state index contributed by atoms with van der Waals surface area (Å²) in [5, 5.41) is 12.2. The smallest absolute Gasteiger partial charge is 0.250 e. The van der Waals surface area contributed by atoms with Gasteiger partial charge in [-0.2, -0.15) is 4.68 Å². The maximum Gasteiger partial charge on any atom is 0.250 e. The third-order valence-corrected chi connectivity index (χ3v) is 4.24. The first-order valence-electron chi connectivity index (χ1n) is 8.10. The summed E-state index contributed by atoms with van der Waals surface area (Å²) in [6.07, 6.45) is 3.74. The summed E-state index contributed by atoms with van der Waals surface area (Å²) in [4.78, 5) is 8.86. The number of tetrazole rings is 1. The first kappa shape index (κ1) is 14.8. The third-order valence-electron chi connectivity index (χ3n) is 4.24. The Morgan fingerprint density at radius 3 is 2.50 bits per heavy atom. The van der Waals surface area contributed by atoms with Crippen LogP contribution in [-0.4, -0.2) is 56.3 Å². The Labute approximate surface area is 140 Å². The van der Waals surface area contributed by atoms with Gasteiger partial charge in [-0.25, -0.2) is 0 Å². The van der Waals surface area contributed by atoms with Crippen molar-refractivity contribution in [2.24, 2.45) is 0 Å². The lowest BCUT2D eigenvalue weighted by molar-refractivity contribution is 0.248. The standard InChI is InChI=1S/C17H19N7/c1-2-6-16(7-3-1)24-17(19-20-21-24)23-11-9-22(10-12-23)14-15-5-4-8-18-13-15/h1-8,13H,9-12,14H2. The quantitative estimate of drug-likeness (QED) is 0.723. The van der Waals surface area contributed by atoms with Crippen LogP contribution in [0.1, 0.15) is 5.56 Å². The molecule has 2 aromatic heterocycles. The van der Waals surface area contributed by atoms with E-state index < -0.39 is 0 Å². The highest BCUT2D eigenvalue weighted by Gasteiger charge is 2.22. The van der Waals surface area contributed by atoms with E-state index in [4.69, 9.17) is 0 Å². The van der Waals surface area contributed by atoms with E-state index in [0.717, 1.165) is 44.4 Å². The van der Waals surface area contributed by atoms with Gasteiger partial charge in [0.2, 0.25) is 5.95 Å². The minimum Gasteiger partial charge on any atom is -0.337 e. The Morgan fingerprint density at radius 2 is 1.75 bits per heavy atom. The molecule has 0 unspecified atom stereocenters. The fourth-order valence-corrected chi connectivity index (χ4v) is 2.97. The number of hydrogen-bond acceptors (Lipinski definition) is 6. The van der Waals surface area contributed by atoms with Crippen molar-refractivity contribution in [2.45, 2.75) is 6.54 Å². The van der Waals surface area contributed by atoms with Gasteiger partial charge >= 0.3 is 0 Å². The average Bonchev–Trinajstić information content (AvgIpc) is 3.14. The van der Waals surface area contributed by atoms with Crippen LogP contribution < -0.4 is 4.90 Å². The number of aromatic nitrogens is 5. The minimum absolute atomic E-state index is 0.808. The van der Waals surface area contributed by atoms with Crippen LogP contribution in [-0.2, 0) is 6.54 Å². The van der Waals surface area contributed by atoms with Gasteiger partial charge in [0, 0.05) is 45.1 Å². The SMILES string of the molecule is c1ccc(-n2nnnc2N2CCN(Cc3cccnc3)CC2)cc1. The number of rotatable bonds is 4. The van der Waals surface area contributed by atoms with E-state index in [0.29, 0.717) is 0 Å². The second kappa shape index (κ2) is 6.76. The summed E-state index contributed by atoms with van der Waals surface area (Å²) in [7, 11) is 0. The van der Waals surface area contributed by atoms with Crippen molar-refractivity contribution in [3.05, 3.63) is 60.4 Å². The second-order valence-electron chi connectivity index (χ2n) is 5.85. The molecule has 0 aliphatic carbocycles. The molecule has 1 fully saturated rings. The number of benzene rings is 1. The zero-order chi connectivity index (χ0) is 16.2. The van der Waals surface area contributed by atoms with Gasteiger partial charge in [0.05, 0.1) is 5.69 Å². The van der Waals surface area contributed by atoms with Crippen LogP contribution in [0.4, 0.5) is 5.95 Å². The Balaban J connectivity index is 1.43. The molecule has 24 heavy (non-hydrogen) atoms. The van der Waals surface area contributed by atoms with Crippen molar-refractivity contribution < 1.29 is 0 Å². The summed E-state index contributed by atoms with van der Waals surface area (Å²) in [6.45, 7) is 4.72. The molecular weight excluding hydrogens is 302 g/mol. The molecule has 7 heteroatoms.